The van der Waals surface area contributed by atoms with Crippen molar-refractivity contribution in [2.24, 2.45) is 0 Å². The zero-order valence-electron chi connectivity index (χ0n) is 14.5. The molecule has 0 spiro atoms. The maximum Gasteiger partial charge on any atom is 0.126 e. The lowest BCUT2D eigenvalue weighted by atomic mass is 10.0. The minimum atomic E-state index is -0.614. The molecular formula is C18H20F2N6. The van der Waals surface area contributed by atoms with Gasteiger partial charge in [-0.25, -0.2) is 13.5 Å². The Hall–Kier alpha value is -2.61. The first-order chi connectivity index (χ1) is 12.6. The van der Waals surface area contributed by atoms with Crippen molar-refractivity contribution in [3.05, 3.63) is 53.5 Å². The number of nitrogens with zero attached hydrogens (tertiary/aromatic N) is 5. The highest BCUT2D eigenvalue weighted by molar-refractivity contribution is 5.57. The van der Waals surface area contributed by atoms with E-state index < -0.39 is 11.6 Å². The minimum Gasteiger partial charge on any atom is -0.297 e. The number of hydrogen-bond donors (Lipinski definition) is 1. The molecule has 0 unspecified atom stereocenters. The van der Waals surface area contributed by atoms with Crippen molar-refractivity contribution in [3.8, 4) is 11.3 Å². The average molecular weight is 358 g/mol. The van der Waals surface area contributed by atoms with Crippen LogP contribution in [0.2, 0.25) is 0 Å². The third-order valence-corrected chi connectivity index (χ3v) is 4.74. The SMILES string of the molecule is Cc1cc(CN2CCC(n3cc(-c4cc(F)cc(F)c4)nn3)CC2)n[nH]1. The molecule has 0 bridgehead atoms. The first-order valence-corrected chi connectivity index (χ1v) is 8.68. The van der Waals surface area contributed by atoms with Gasteiger partial charge in [0, 0.05) is 37.0 Å². The Labute approximate surface area is 149 Å². The summed E-state index contributed by atoms with van der Waals surface area (Å²) in [5.41, 5.74) is 3.01. The molecule has 8 heteroatoms. The van der Waals surface area contributed by atoms with Gasteiger partial charge in [-0.05, 0) is 38.0 Å². The number of benzene rings is 1. The Kier molecular flexibility index (Phi) is 4.50. The number of halogens is 2. The predicted octanol–water partition coefficient (Wildman–Crippen LogP) is 3.09. The molecule has 136 valence electrons. The zero-order chi connectivity index (χ0) is 18.1. The fourth-order valence-electron chi connectivity index (χ4n) is 3.42. The topological polar surface area (TPSA) is 62.6 Å². The van der Waals surface area contributed by atoms with Crippen molar-refractivity contribution in [1.82, 2.24) is 30.1 Å². The molecule has 1 aliphatic rings. The van der Waals surface area contributed by atoms with Crippen molar-refractivity contribution < 1.29 is 8.78 Å². The molecule has 1 aliphatic heterocycles. The highest BCUT2D eigenvalue weighted by Gasteiger charge is 2.22. The van der Waals surface area contributed by atoms with E-state index in [1.165, 1.54) is 12.1 Å². The van der Waals surface area contributed by atoms with Gasteiger partial charge in [-0.15, -0.1) is 5.10 Å². The predicted molar refractivity (Wildman–Crippen MR) is 92.2 cm³/mol. The van der Waals surface area contributed by atoms with Gasteiger partial charge in [-0.1, -0.05) is 5.21 Å². The summed E-state index contributed by atoms with van der Waals surface area (Å²) in [7, 11) is 0. The molecule has 1 fully saturated rings. The molecule has 2 aromatic heterocycles. The third kappa shape index (κ3) is 3.65. The highest BCUT2D eigenvalue weighted by Crippen LogP contribution is 2.25. The van der Waals surface area contributed by atoms with Crippen molar-refractivity contribution in [2.75, 3.05) is 13.1 Å². The van der Waals surface area contributed by atoms with Crippen LogP contribution in [0.4, 0.5) is 8.78 Å². The maximum atomic E-state index is 13.4. The summed E-state index contributed by atoms with van der Waals surface area (Å²) >= 11 is 0. The zero-order valence-corrected chi connectivity index (χ0v) is 14.5. The summed E-state index contributed by atoms with van der Waals surface area (Å²) in [4.78, 5) is 2.37. The van der Waals surface area contributed by atoms with E-state index in [4.69, 9.17) is 0 Å². The number of H-pyrrole nitrogens is 1. The number of aryl methyl sites for hydroxylation is 1. The molecule has 6 nitrogen and oxygen atoms in total. The molecule has 3 heterocycles. The average Bonchev–Trinajstić information content (AvgIpc) is 3.24. The van der Waals surface area contributed by atoms with Gasteiger partial charge in [-0.2, -0.15) is 5.10 Å². The van der Waals surface area contributed by atoms with Gasteiger partial charge in [0.1, 0.15) is 17.3 Å². The van der Waals surface area contributed by atoms with Crippen LogP contribution in [0.3, 0.4) is 0 Å². The second-order valence-electron chi connectivity index (χ2n) is 6.79. The third-order valence-electron chi connectivity index (χ3n) is 4.74. The van der Waals surface area contributed by atoms with Crippen molar-refractivity contribution >= 4 is 0 Å². The lowest BCUT2D eigenvalue weighted by Crippen LogP contribution is -2.34. The van der Waals surface area contributed by atoms with Crippen LogP contribution in [0.25, 0.3) is 11.3 Å². The Morgan fingerprint density at radius 2 is 1.85 bits per heavy atom. The summed E-state index contributed by atoms with van der Waals surface area (Å²) in [6.07, 6.45) is 3.67. The van der Waals surface area contributed by atoms with Crippen LogP contribution in [-0.2, 0) is 6.54 Å². The van der Waals surface area contributed by atoms with Crippen molar-refractivity contribution in [3.63, 3.8) is 0 Å². The van der Waals surface area contributed by atoms with Gasteiger partial charge in [0.2, 0.25) is 0 Å². The van der Waals surface area contributed by atoms with Crippen molar-refractivity contribution in [2.45, 2.75) is 32.4 Å². The molecule has 0 atom stereocenters. The van der Waals surface area contributed by atoms with Gasteiger partial charge in [0.25, 0.3) is 0 Å². The highest BCUT2D eigenvalue weighted by atomic mass is 19.1. The molecule has 1 N–H and O–H groups in total. The molecule has 3 aromatic rings. The smallest absolute Gasteiger partial charge is 0.126 e. The largest absolute Gasteiger partial charge is 0.297 e. The van der Waals surface area contributed by atoms with E-state index in [1.807, 2.05) is 11.6 Å². The number of hydrogen-bond acceptors (Lipinski definition) is 4. The van der Waals surface area contributed by atoms with Gasteiger partial charge in [-0.3, -0.25) is 10.00 Å². The Bertz CT molecular complexity index is 874. The van der Waals surface area contributed by atoms with Crippen LogP contribution >= 0.6 is 0 Å². The van der Waals surface area contributed by atoms with Crippen molar-refractivity contribution in [1.29, 1.82) is 0 Å². The van der Waals surface area contributed by atoms with E-state index in [1.54, 1.807) is 6.20 Å². The molecule has 1 aromatic carbocycles. The molecule has 0 aliphatic carbocycles. The van der Waals surface area contributed by atoms with E-state index in [9.17, 15) is 8.78 Å². The molecular weight excluding hydrogens is 338 g/mol. The van der Waals surface area contributed by atoms with E-state index in [0.29, 0.717) is 11.3 Å². The lowest BCUT2D eigenvalue weighted by Gasteiger charge is -2.31. The summed E-state index contributed by atoms with van der Waals surface area (Å²) in [5, 5.41) is 15.5. The molecule has 0 radical (unpaired) electrons. The molecule has 26 heavy (non-hydrogen) atoms. The lowest BCUT2D eigenvalue weighted by molar-refractivity contribution is 0.170. The van der Waals surface area contributed by atoms with Crippen LogP contribution in [0.15, 0.2) is 30.5 Å². The summed E-state index contributed by atoms with van der Waals surface area (Å²) in [6.45, 7) is 4.72. The molecule has 0 saturated carbocycles. The monoisotopic (exact) mass is 358 g/mol. The van der Waals surface area contributed by atoms with Crippen LogP contribution in [0, 0.1) is 18.6 Å². The summed E-state index contributed by atoms with van der Waals surface area (Å²) in [5.74, 6) is -1.23. The van der Waals surface area contributed by atoms with E-state index in [2.05, 4.69) is 31.5 Å². The van der Waals surface area contributed by atoms with E-state index >= 15 is 0 Å². The minimum absolute atomic E-state index is 0.242. The van der Waals surface area contributed by atoms with Crippen LogP contribution in [0.5, 0.6) is 0 Å². The Balaban J connectivity index is 1.40. The second-order valence-corrected chi connectivity index (χ2v) is 6.79. The Morgan fingerprint density at radius 1 is 1.12 bits per heavy atom. The Morgan fingerprint density at radius 3 is 2.50 bits per heavy atom. The van der Waals surface area contributed by atoms with Crippen LogP contribution < -0.4 is 0 Å². The van der Waals surface area contributed by atoms with Crippen LogP contribution in [-0.4, -0.2) is 43.2 Å². The molecule has 4 rings (SSSR count). The number of piperidine rings is 1. The van der Waals surface area contributed by atoms with Crippen LogP contribution in [0.1, 0.15) is 30.3 Å². The van der Waals surface area contributed by atoms with Gasteiger partial charge < -0.3 is 0 Å². The fourth-order valence-corrected chi connectivity index (χ4v) is 3.42. The maximum absolute atomic E-state index is 13.4. The first-order valence-electron chi connectivity index (χ1n) is 8.68. The quantitative estimate of drug-likeness (QED) is 0.778. The fraction of sp³-hybridized carbons (Fsp3) is 0.389. The number of nitrogens with one attached hydrogen (secondary N) is 1. The van der Waals surface area contributed by atoms with Gasteiger partial charge in [0.05, 0.1) is 17.9 Å². The van der Waals surface area contributed by atoms with Gasteiger partial charge in [0.15, 0.2) is 0 Å². The number of aromatic nitrogens is 5. The summed E-state index contributed by atoms with van der Waals surface area (Å²) in [6, 6.07) is 5.70. The second kappa shape index (κ2) is 6.95. The standard InChI is InChI=1S/C18H20F2N6/c1-12-6-16(22-21-12)10-25-4-2-17(3-5-25)26-11-18(23-24-26)13-7-14(19)9-15(20)8-13/h6-9,11,17H,2-5,10H2,1H3,(H,21,22). The normalized spacial score (nSPS) is 16.3. The molecule has 0 amide bonds. The first kappa shape index (κ1) is 16.8. The molecule has 1 saturated heterocycles. The van der Waals surface area contributed by atoms with E-state index in [0.717, 1.165) is 49.9 Å². The number of likely N-dealkylation sites (tertiary alicyclic amines) is 1. The summed E-state index contributed by atoms with van der Waals surface area (Å²) < 4.78 is 28.6. The van der Waals surface area contributed by atoms with E-state index in [-0.39, 0.29) is 6.04 Å². The number of rotatable bonds is 4. The van der Waals surface area contributed by atoms with Gasteiger partial charge >= 0.3 is 0 Å². The number of aromatic amines is 1.